The van der Waals surface area contributed by atoms with Crippen LogP contribution in [0.2, 0.25) is 5.04 Å². The molecule has 1 saturated carbocycles. The molecule has 0 atom stereocenters. The lowest BCUT2D eigenvalue weighted by Crippen LogP contribution is -2.65. The third-order valence-electron chi connectivity index (χ3n) is 7.79. The third-order valence-corrected chi connectivity index (χ3v) is 12.3. The highest BCUT2D eigenvalue weighted by Gasteiger charge is 2.49. The van der Waals surface area contributed by atoms with Crippen LogP contribution in [-0.4, -0.2) is 48.4 Å². The largest absolute Gasteiger partial charge is 0.424 e. The Kier molecular flexibility index (Phi) is 6.49. The van der Waals surface area contributed by atoms with E-state index in [1.807, 2.05) is 12.1 Å². The predicted octanol–water partition coefficient (Wildman–Crippen LogP) is 3.53. The molecule has 0 radical (unpaired) electrons. The summed E-state index contributed by atoms with van der Waals surface area (Å²) in [5, 5.41) is 11.7. The Bertz CT molecular complexity index is 757. The summed E-state index contributed by atoms with van der Waals surface area (Å²) in [5.74, 6) is 0.746. The average Bonchev–Trinajstić information content (AvgIpc) is 2.76. The van der Waals surface area contributed by atoms with E-state index in [2.05, 4.69) is 67.3 Å². The minimum absolute atomic E-state index is 0.0628. The topological polar surface area (TPSA) is 43.7 Å². The van der Waals surface area contributed by atoms with Gasteiger partial charge in [-0.15, -0.1) is 0 Å². The van der Waals surface area contributed by atoms with Crippen LogP contribution in [0.25, 0.3) is 0 Å². The average molecular weight is 424 g/mol. The number of piperidine rings is 1. The molecule has 0 amide bonds. The van der Waals surface area contributed by atoms with Gasteiger partial charge in [-0.2, -0.15) is 0 Å². The zero-order chi connectivity index (χ0) is 21.2. The number of likely N-dealkylation sites (tertiary alicyclic amines) is 1. The Morgan fingerprint density at radius 3 is 1.87 bits per heavy atom. The maximum Gasteiger partial charge on any atom is 0.258 e. The van der Waals surface area contributed by atoms with Gasteiger partial charge in [-0.1, -0.05) is 80.9 Å². The zero-order valence-electron chi connectivity index (χ0n) is 18.5. The highest BCUT2D eigenvalue weighted by atomic mass is 28.4. The van der Waals surface area contributed by atoms with Gasteiger partial charge in [-0.05, 0) is 66.5 Å². The van der Waals surface area contributed by atoms with Crippen molar-refractivity contribution in [3.05, 3.63) is 60.7 Å². The Hall–Kier alpha value is -1.46. The summed E-state index contributed by atoms with van der Waals surface area (Å²) in [6.07, 6.45) is 6.59. The summed E-state index contributed by atoms with van der Waals surface area (Å²) in [5.41, 5.74) is 0. The van der Waals surface area contributed by atoms with Gasteiger partial charge in [0.1, 0.15) is 0 Å². The second-order valence-electron chi connectivity index (χ2n) is 10.1. The summed E-state index contributed by atoms with van der Waals surface area (Å²) in [4.78, 5) is 14.9. The van der Waals surface area contributed by atoms with Crippen LogP contribution in [0.5, 0.6) is 0 Å². The molecular weight excluding hydrogens is 386 g/mol. The van der Waals surface area contributed by atoms with Crippen LogP contribution in [-0.2, 0) is 0 Å². The fourth-order valence-electron chi connectivity index (χ4n) is 5.52. The van der Waals surface area contributed by atoms with Crippen LogP contribution in [0.4, 0.5) is 0 Å². The molecule has 1 saturated heterocycles. The predicted molar refractivity (Wildman–Crippen MR) is 127 cm³/mol. The van der Waals surface area contributed by atoms with Crippen LogP contribution in [0.3, 0.4) is 0 Å². The fourth-order valence-corrected chi connectivity index (χ4v) is 9.27. The van der Waals surface area contributed by atoms with Gasteiger partial charge >= 0.3 is 0 Å². The molecule has 162 valence electrons. The van der Waals surface area contributed by atoms with Crippen molar-refractivity contribution in [2.45, 2.75) is 69.6 Å². The lowest BCUT2D eigenvalue weighted by molar-refractivity contribution is -0.0122. The molecule has 1 aliphatic carbocycles. The minimum atomic E-state index is -2.89. The second-order valence-corrected chi connectivity index (χ2v) is 14.1. The first kappa shape index (κ1) is 21.8. The van der Waals surface area contributed by atoms with E-state index in [4.69, 9.17) is 0 Å². The van der Waals surface area contributed by atoms with Gasteiger partial charge in [0.25, 0.3) is 8.32 Å². The number of aliphatic hydroxyl groups is 1. The van der Waals surface area contributed by atoms with E-state index in [0.717, 1.165) is 35.6 Å². The van der Waals surface area contributed by atoms with Gasteiger partial charge in [-0.25, -0.2) is 0 Å². The number of aliphatic hydroxyl groups excluding tert-OH is 1. The first-order valence-corrected chi connectivity index (χ1v) is 13.6. The van der Waals surface area contributed by atoms with Crippen LogP contribution in [0, 0.1) is 5.92 Å². The van der Waals surface area contributed by atoms with E-state index >= 15 is 0 Å². The lowest BCUT2D eigenvalue weighted by Gasteiger charge is -2.45. The maximum atomic E-state index is 12.3. The smallest absolute Gasteiger partial charge is 0.258 e. The van der Waals surface area contributed by atoms with Crippen molar-refractivity contribution in [2.75, 3.05) is 13.1 Å². The number of benzene rings is 2. The first-order chi connectivity index (χ1) is 14.4. The molecule has 0 aromatic heterocycles. The highest BCUT2D eigenvalue weighted by Crippen LogP contribution is 2.42. The molecular formula is C26H37NO2Si. The van der Waals surface area contributed by atoms with Crippen molar-refractivity contribution in [3.63, 3.8) is 0 Å². The molecule has 1 aliphatic heterocycles. The van der Waals surface area contributed by atoms with E-state index in [9.17, 15) is 9.90 Å². The van der Waals surface area contributed by atoms with E-state index in [1.165, 1.54) is 32.4 Å². The zero-order valence-corrected chi connectivity index (χ0v) is 19.5. The van der Waals surface area contributed by atoms with Crippen LogP contribution < -0.4 is 10.4 Å². The molecule has 2 aromatic rings. The summed E-state index contributed by atoms with van der Waals surface area (Å²) in [6, 6.07) is 21.4. The molecule has 1 heterocycles. The van der Waals surface area contributed by atoms with E-state index in [1.54, 1.807) is 0 Å². The molecule has 2 aliphatic rings. The van der Waals surface area contributed by atoms with Crippen LogP contribution in [0.15, 0.2) is 60.7 Å². The van der Waals surface area contributed by atoms with Gasteiger partial charge < -0.3 is 14.8 Å². The Morgan fingerprint density at radius 2 is 1.40 bits per heavy atom. The standard InChI is InChI=1S/C26H37NO2Si/c1-26(2,16-13-21-14-17-27(18-15-21)22-19-23(28)20-22)30(29,24-9-5-3-6-10-24)25-11-7-4-8-12-25/h3-12,21-23,28-29H,13-20H2,1-2H3. The molecule has 2 fully saturated rings. The van der Waals surface area contributed by atoms with Gasteiger partial charge in [0.05, 0.1) is 6.10 Å². The third kappa shape index (κ3) is 4.29. The van der Waals surface area contributed by atoms with E-state index in [0.29, 0.717) is 6.04 Å². The van der Waals surface area contributed by atoms with Crippen LogP contribution >= 0.6 is 0 Å². The van der Waals surface area contributed by atoms with Gasteiger partial charge in [0.2, 0.25) is 0 Å². The van der Waals surface area contributed by atoms with Gasteiger partial charge in [-0.3, -0.25) is 0 Å². The summed E-state index contributed by atoms with van der Waals surface area (Å²) in [6.45, 7) is 6.90. The highest BCUT2D eigenvalue weighted by molar-refractivity contribution is 6.98. The Labute approximate surface area is 182 Å². The number of hydrogen-bond acceptors (Lipinski definition) is 3. The number of hydrogen-bond donors (Lipinski definition) is 2. The van der Waals surface area contributed by atoms with Gasteiger partial charge in [0, 0.05) is 6.04 Å². The number of rotatable bonds is 7. The van der Waals surface area contributed by atoms with Crippen molar-refractivity contribution in [1.29, 1.82) is 0 Å². The van der Waals surface area contributed by atoms with E-state index < -0.39 is 8.32 Å². The van der Waals surface area contributed by atoms with Crippen molar-refractivity contribution in [3.8, 4) is 0 Å². The molecule has 30 heavy (non-hydrogen) atoms. The quantitative estimate of drug-likeness (QED) is 0.670. The molecule has 0 spiro atoms. The Balaban J connectivity index is 1.44. The van der Waals surface area contributed by atoms with Crippen molar-refractivity contribution < 1.29 is 9.90 Å². The van der Waals surface area contributed by atoms with Crippen molar-refractivity contribution in [1.82, 2.24) is 4.90 Å². The molecule has 3 nitrogen and oxygen atoms in total. The van der Waals surface area contributed by atoms with Gasteiger partial charge in [0.15, 0.2) is 0 Å². The SMILES string of the molecule is CC(C)(CCC1CCN(C2CC(O)C2)CC1)[Si](O)(c1ccccc1)c1ccccc1. The van der Waals surface area contributed by atoms with Crippen molar-refractivity contribution >= 4 is 18.7 Å². The van der Waals surface area contributed by atoms with Crippen LogP contribution in [0.1, 0.15) is 52.4 Å². The molecule has 4 heteroatoms. The summed E-state index contributed by atoms with van der Waals surface area (Å²) < 4.78 is 0. The van der Waals surface area contributed by atoms with Crippen molar-refractivity contribution in [2.24, 2.45) is 5.92 Å². The number of nitrogens with zero attached hydrogens (tertiary/aromatic N) is 1. The molecule has 4 rings (SSSR count). The first-order valence-electron chi connectivity index (χ1n) is 11.7. The normalized spacial score (nSPS) is 23.9. The second kappa shape index (κ2) is 8.95. The molecule has 0 unspecified atom stereocenters. The monoisotopic (exact) mass is 423 g/mol. The molecule has 2 N–H and O–H groups in total. The lowest BCUT2D eigenvalue weighted by atomic mass is 9.84. The maximum absolute atomic E-state index is 12.3. The summed E-state index contributed by atoms with van der Waals surface area (Å²) in [7, 11) is -2.89. The minimum Gasteiger partial charge on any atom is -0.424 e. The summed E-state index contributed by atoms with van der Waals surface area (Å²) >= 11 is 0. The molecule has 2 aromatic carbocycles. The fraction of sp³-hybridized carbons (Fsp3) is 0.538. The Morgan fingerprint density at radius 1 is 0.900 bits per heavy atom. The van der Waals surface area contributed by atoms with E-state index in [-0.39, 0.29) is 11.1 Å². The molecule has 0 bridgehead atoms.